The van der Waals surface area contributed by atoms with E-state index in [0.29, 0.717) is 34.5 Å². The summed E-state index contributed by atoms with van der Waals surface area (Å²) in [5.41, 5.74) is 1.58. The van der Waals surface area contributed by atoms with Crippen LogP contribution in [0, 0.1) is 5.92 Å². The number of benzene rings is 2. The van der Waals surface area contributed by atoms with Crippen molar-refractivity contribution < 1.29 is 23.5 Å². The minimum atomic E-state index is -0.439. The first-order chi connectivity index (χ1) is 16.0. The predicted octanol–water partition coefficient (Wildman–Crippen LogP) is 4.68. The molecule has 1 amide bonds. The van der Waals surface area contributed by atoms with Crippen LogP contribution in [-0.2, 0) is 4.79 Å². The molecule has 0 saturated heterocycles. The summed E-state index contributed by atoms with van der Waals surface area (Å²) in [5, 5.41) is 7.11. The quantitative estimate of drug-likeness (QED) is 0.447. The van der Waals surface area contributed by atoms with Crippen LogP contribution in [-0.4, -0.2) is 37.4 Å². The lowest BCUT2D eigenvalue weighted by molar-refractivity contribution is -0.117. The maximum atomic E-state index is 12.6. The SMILES string of the molecule is CC[C@H](C)[C@@H](NC(=O)/C=C/c1ccccc1)c1nc(-c2cc(OC)c(OC)c(OC)c2)no1. The van der Waals surface area contributed by atoms with Gasteiger partial charge in [-0.15, -0.1) is 0 Å². The van der Waals surface area contributed by atoms with Gasteiger partial charge in [0.05, 0.1) is 21.3 Å². The van der Waals surface area contributed by atoms with Gasteiger partial charge >= 0.3 is 0 Å². The van der Waals surface area contributed by atoms with Crippen LogP contribution in [0.4, 0.5) is 0 Å². The molecule has 0 aliphatic rings. The lowest BCUT2D eigenvalue weighted by Crippen LogP contribution is -2.31. The Kier molecular flexibility index (Phi) is 8.07. The zero-order valence-corrected chi connectivity index (χ0v) is 19.5. The average molecular weight is 452 g/mol. The summed E-state index contributed by atoms with van der Waals surface area (Å²) in [4.78, 5) is 17.2. The van der Waals surface area contributed by atoms with Gasteiger partial charge in [-0.25, -0.2) is 0 Å². The Morgan fingerprint density at radius 3 is 2.33 bits per heavy atom. The molecule has 0 fully saturated rings. The molecule has 0 saturated carbocycles. The standard InChI is InChI=1S/C25H29N3O5/c1-6-16(2)22(26-21(29)13-12-17-10-8-7-9-11-17)25-27-24(28-33-25)18-14-19(30-3)23(32-5)20(15-18)31-4/h7-16,22H,6H2,1-5H3,(H,26,29)/b13-12+/t16-,22+/m0/s1. The van der Waals surface area contributed by atoms with E-state index in [1.165, 1.54) is 13.2 Å². The maximum absolute atomic E-state index is 12.6. The molecule has 174 valence electrons. The number of nitrogens with one attached hydrogen (secondary N) is 1. The molecule has 33 heavy (non-hydrogen) atoms. The second-order valence-corrected chi connectivity index (χ2v) is 7.49. The molecule has 3 aromatic rings. The number of rotatable bonds is 10. The molecule has 8 nitrogen and oxygen atoms in total. The average Bonchev–Trinajstić information content (AvgIpc) is 3.35. The second-order valence-electron chi connectivity index (χ2n) is 7.49. The van der Waals surface area contributed by atoms with Crippen LogP contribution in [0.5, 0.6) is 17.2 Å². The number of carbonyl (C=O) groups is 1. The van der Waals surface area contributed by atoms with E-state index >= 15 is 0 Å². The lowest BCUT2D eigenvalue weighted by atomic mass is 9.99. The number of nitrogens with zero attached hydrogens (tertiary/aromatic N) is 2. The van der Waals surface area contributed by atoms with Crippen LogP contribution in [0.1, 0.15) is 37.8 Å². The third kappa shape index (κ3) is 5.71. The van der Waals surface area contributed by atoms with E-state index in [1.54, 1.807) is 32.4 Å². The Morgan fingerprint density at radius 2 is 1.76 bits per heavy atom. The molecule has 1 aromatic heterocycles. The van der Waals surface area contributed by atoms with E-state index in [9.17, 15) is 4.79 Å². The van der Waals surface area contributed by atoms with E-state index in [-0.39, 0.29) is 11.8 Å². The molecule has 0 spiro atoms. The fourth-order valence-corrected chi connectivity index (χ4v) is 3.31. The van der Waals surface area contributed by atoms with Gasteiger partial charge in [0.15, 0.2) is 11.5 Å². The van der Waals surface area contributed by atoms with Crippen molar-refractivity contribution in [2.75, 3.05) is 21.3 Å². The molecule has 0 aliphatic carbocycles. The fourth-order valence-electron chi connectivity index (χ4n) is 3.31. The molecular formula is C25H29N3O5. The van der Waals surface area contributed by atoms with E-state index in [1.807, 2.05) is 44.2 Å². The van der Waals surface area contributed by atoms with Crippen molar-refractivity contribution in [2.45, 2.75) is 26.3 Å². The van der Waals surface area contributed by atoms with E-state index in [4.69, 9.17) is 18.7 Å². The van der Waals surface area contributed by atoms with Crippen LogP contribution in [0.25, 0.3) is 17.5 Å². The summed E-state index contributed by atoms with van der Waals surface area (Å²) in [6.07, 6.45) is 4.08. The smallest absolute Gasteiger partial charge is 0.249 e. The highest BCUT2D eigenvalue weighted by Gasteiger charge is 2.26. The third-order valence-corrected chi connectivity index (χ3v) is 5.37. The first kappa shape index (κ1) is 23.8. The number of ether oxygens (including phenoxy) is 3. The van der Waals surface area contributed by atoms with Crippen molar-refractivity contribution >= 4 is 12.0 Å². The van der Waals surface area contributed by atoms with Gasteiger partial charge in [-0.3, -0.25) is 4.79 Å². The van der Waals surface area contributed by atoms with Gasteiger partial charge in [-0.05, 0) is 29.7 Å². The zero-order valence-electron chi connectivity index (χ0n) is 19.5. The largest absolute Gasteiger partial charge is 0.493 e. The van der Waals surface area contributed by atoms with Crippen molar-refractivity contribution in [1.29, 1.82) is 0 Å². The van der Waals surface area contributed by atoms with E-state index < -0.39 is 6.04 Å². The Hall–Kier alpha value is -3.81. The zero-order chi connectivity index (χ0) is 23.8. The van der Waals surface area contributed by atoms with E-state index in [0.717, 1.165) is 12.0 Å². The highest BCUT2D eigenvalue weighted by molar-refractivity contribution is 5.91. The molecule has 0 unspecified atom stereocenters. The molecular weight excluding hydrogens is 422 g/mol. The highest BCUT2D eigenvalue weighted by Crippen LogP contribution is 2.40. The Bertz CT molecular complexity index is 1070. The third-order valence-electron chi connectivity index (χ3n) is 5.37. The van der Waals surface area contributed by atoms with Crippen molar-refractivity contribution in [3.8, 4) is 28.6 Å². The van der Waals surface area contributed by atoms with Crippen LogP contribution in [0.2, 0.25) is 0 Å². The molecule has 0 radical (unpaired) electrons. The normalized spacial score (nSPS) is 12.9. The number of amides is 1. The monoisotopic (exact) mass is 451 g/mol. The van der Waals surface area contributed by atoms with Gasteiger partial charge in [-0.2, -0.15) is 4.98 Å². The molecule has 1 N–H and O–H groups in total. The Labute approximate surface area is 193 Å². The lowest BCUT2D eigenvalue weighted by Gasteiger charge is -2.19. The van der Waals surface area contributed by atoms with Crippen LogP contribution >= 0.6 is 0 Å². The number of hydrogen-bond acceptors (Lipinski definition) is 7. The van der Waals surface area contributed by atoms with Gasteiger partial charge in [0.1, 0.15) is 6.04 Å². The number of carbonyl (C=O) groups excluding carboxylic acids is 1. The molecule has 0 bridgehead atoms. The molecule has 3 rings (SSSR count). The summed E-state index contributed by atoms with van der Waals surface area (Å²) in [6, 6.07) is 12.7. The summed E-state index contributed by atoms with van der Waals surface area (Å²) >= 11 is 0. The Morgan fingerprint density at radius 1 is 1.09 bits per heavy atom. The minimum Gasteiger partial charge on any atom is -0.493 e. The van der Waals surface area contributed by atoms with E-state index in [2.05, 4.69) is 15.5 Å². The molecule has 1 heterocycles. The molecule has 8 heteroatoms. The minimum absolute atomic E-state index is 0.0762. The van der Waals surface area contributed by atoms with Gasteiger partial charge in [0, 0.05) is 11.6 Å². The van der Waals surface area contributed by atoms with Gasteiger partial charge in [-0.1, -0.05) is 55.8 Å². The summed E-state index contributed by atoms with van der Waals surface area (Å²) in [6.45, 7) is 4.06. The summed E-state index contributed by atoms with van der Waals surface area (Å²) in [5.74, 6) is 1.96. The highest BCUT2D eigenvalue weighted by atomic mass is 16.5. The van der Waals surface area contributed by atoms with Crippen molar-refractivity contribution in [3.63, 3.8) is 0 Å². The molecule has 2 atom stereocenters. The first-order valence-electron chi connectivity index (χ1n) is 10.7. The van der Waals surface area contributed by atoms with Gasteiger partial charge in [0.25, 0.3) is 0 Å². The second kappa shape index (κ2) is 11.2. The van der Waals surface area contributed by atoms with Crippen molar-refractivity contribution in [3.05, 3.63) is 60.0 Å². The van der Waals surface area contributed by atoms with Crippen LogP contribution in [0.15, 0.2) is 53.1 Å². The molecule has 2 aromatic carbocycles. The fraction of sp³-hybridized carbons (Fsp3) is 0.320. The van der Waals surface area contributed by atoms with Gasteiger partial charge < -0.3 is 24.1 Å². The molecule has 0 aliphatic heterocycles. The predicted molar refractivity (Wildman–Crippen MR) is 125 cm³/mol. The van der Waals surface area contributed by atoms with Crippen molar-refractivity contribution in [2.24, 2.45) is 5.92 Å². The van der Waals surface area contributed by atoms with Crippen molar-refractivity contribution in [1.82, 2.24) is 15.5 Å². The first-order valence-corrected chi connectivity index (χ1v) is 10.7. The maximum Gasteiger partial charge on any atom is 0.249 e. The number of aromatic nitrogens is 2. The Balaban J connectivity index is 1.86. The topological polar surface area (TPSA) is 95.7 Å². The number of methoxy groups -OCH3 is 3. The van der Waals surface area contributed by atoms with Crippen LogP contribution < -0.4 is 19.5 Å². The summed E-state index contributed by atoms with van der Waals surface area (Å²) in [7, 11) is 4.62. The van der Waals surface area contributed by atoms with Gasteiger partial charge in [0.2, 0.25) is 23.4 Å². The number of hydrogen-bond donors (Lipinski definition) is 1. The summed E-state index contributed by atoms with van der Waals surface area (Å²) < 4.78 is 21.7. The van der Waals surface area contributed by atoms with Crippen LogP contribution in [0.3, 0.4) is 0 Å².